The molecule has 0 amide bonds. The van der Waals surface area contributed by atoms with Crippen molar-refractivity contribution in [3.8, 4) is 33.4 Å². The zero-order valence-electron chi connectivity index (χ0n) is 42.1. The first-order valence-electron chi connectivity index (χ1n) is 24.8. The van der Waals surface area contributed by atoms with E-state index in [0.29, 0.717) is 39.6 Å². The first-order valence-corrected chi connectivity index (χ1v) is 30.3. The normalized spacial score (nSPS) is 16.8. The van der Waals surface area contributed by atoms with Crippen LogP contribution in [0.1, 0.15) is 77.3 Å². The fourth-order valence-corrected chi connectivity index (χ4v) is 18.9. The zero-order valence-corrected chi connectivity index (χ0v) is 46.3. The summed E-state index contributed by atoms with van der Waals surface area (Å²) >= 11 is 7.98. The molecule has 4 aromatic rings. The van der Waals surface area contributed by atoms with Crippen LogP contribution in [-0.2, 0) is 43.1 Å². The van der Waals surface area contributed by atoms with Gasteiger partial charge in [0.25, 0.3) is 0 Å². The van der Waals surface area contributed by atoms with Crippen LogP contribution in [0.25, 0.3) is 33.4 Å². The number of methoxy groups -OCH3 is 4. The van der Waals surface area contributed by atoms with Crippen LogP contribution >= 0.6 is 39.5 Å². The average molecular weight is 1050 g/mol. The molecule has 8 nitrogen and oxygen atoms in total. The molecule has 0 aromatic heterocycles. The van der Waals surface area contributed by atoms with Crippen molar-refractivity contribution in [2.24, 2.45) is 0 Å². The summed E-state index contributed by atoms with van der Waals surface area (Å²) < 4.78 is 48.3. The van der Waals surface area contributed by atoms with Crippen LogP contribution in [0.5, 0.6) is 0 Å². The molecule has 4 aromatic carbocycles. The monoisotopic (exact) mass is 1050 g/mol. The van der Waals surface area contributed by atoms with E-state index in [-0.39, 0.29) is 5.41 Å². The molecule has 0 saturated carbocycles. The van der Waals surface area contributed by atoms with Crippen LogP contribution < -0.4 is 15.8 Å². The van der Waals surface area contributed by atoms with Gasteiger partial charge in [0.1, 0.15) is 8.07 Å². The van der Waals surface area contributed by atoms with E-state index in [9.17, 15) is 0 Å². The quantitative estimate of drug-likeness (QED) is 0.0372. The van der Waals surface area contributed by atoms with Crippen molar-refractivity contribution in [1.82, 2.24) is 0 Å². The van der Waals surface area contributed by atoms with Crippen molar-refractivity contribution >= 4 is 70.5 Å². The van der Waals surface area contributed by atoms with E-state index in [4.69, 9.17) is 37.7 Å². The van der Waals surface area contributed by atoms with Crippen LogP contribution in [0, 0.1) is 0 Å². The summed E-state index contributed by atoms with van der Waals surface area (Å²) in [5.41, 5.74) is 10.7. The number of ether oxygens (including phenoxy) is 6. The smallest absolute Gasteiger partial charge is 0.399 e. The van der Waals surface area contributed by atoms with Gasteiger partial charge < -0.3 is 37.7 Å². The van der Waals surface area contributed by atoms with Gasteiger partial charge in [-0.2, -0.15) is 23.5 Å². The second-order valence-electron chi connectivity index (χ2n) is 19.6. The van der Waals surface area contributed by atoms with Crippen LogP contribution in [0.15, 0.2) is 77.3 Å². The Hall–Kier alpha value is -1.98. The third kappa shape index (κ3) is 12.1. The number of halogens is 1. The maximum absolute atomic E-state index is 6.68. The molecular weight excluding hydrogens is 972 g/mol. The number of fused-ring (bicyclic) bond motifs is 6. The van der Waals surface area contributed by atoms with E-state index in [0.717, 1.165) is 67.4 Å². The zero-order chi connectivity index (χ0) is 48.2. The van der Waals surface area contributed by atoms with E-state index < -0.39 is 26.4 Å². The fourth-order valence-electron chi connectivity index (χ4n) is 10.7. The third-order valence-electron chi connectivity index (χ3n) is 14.9. The predicted octanol–water partition coefficient (Wildman–Crippen LogP) is 10.7. The Balaban J connectivity index is 1.31. The highest BCUT2D eigenvalue weighted by Crippen LogP contribution is 2.55. The first-order chi connectivity index (χ1) is 32.9. The number of hydrogen-bond acceptors (Lipinski definition) is 10. The molecule has 3 aliphatic rings. The number of thioether (sulfide) groups is 2. The van der Waals surface area contributed by atoms with Gasteiger partial charge in [0.15, 0.2) is 0 Å². The van der Waals surface area contributed by atoms with Crippen LogP contribution in [0.4, 0.5) is 0 Å². The molecule has 0 N–H and O–H groups in total. The largest absolute Gasteiger partial charge is 0.494 e. The summed E-state index contributed by atoms with van der Waals surface area (Å²) in [6, 6.07) is 31.3. The van der Waals surface area contributed by atoms with Crippen LogP contribution in [0.2, 0.25) is 12.1 Å². The van der Waals surface area contributed by atoms with Gasteiger partial charge in [0.2, 0.25) is 0 Å². The molecule has 0 bridgehead atoms. The Bertz CT molecular complexity index is 2210. The molecule has 0 spiro atoms. The molecule has 370 valence electrons. The van der Waals surface area contributed by atoms with Gasteiger partial charge in [0.05, 0.1) is 50.8 Å². The van der Waals surface area contributed by atoms with E-state index in [1.165, 1.54) is 73.9 Å². The van der Waals surface area contributed by atoms with Gasteiger partial charge in [-0.25, -0.2) is 0 Å². The lowest BCUT2D eigenvalue weighted by molar-refractivity contribution is 0.00578. The first kappa shape index (κ1) is 53.8. The van der Waals surface area contributed by atoms with Gasteiger partial charge in [-0.15, -0.1) is 0 Å². The lowest BCUT2D eigenvalue weighted by Crippen LogP contribution is -2.55. The van der Waals surface area contributed by atoms with Crippen molar-refractivity contribution < 1.29 is 37.7 Å². The lowest BCUT2D eigenvalue weighted by atomic mass is 9.69. The lowest BCUT2D eigenvalue weighted by Gasteiger charge is -2.33. The predicted molar refractivity (Wildman–Crippen MR) is 293 cm³/mol. The molecule has 0 atom stereocenters. The summed E-state index contributed by atoms with van der Waals surface area (Å²) in [5.74, 6) is 4.37. The molecule has 1 aliphatic carbocycles. The molecule has 1 fully saturated rings. The Labute approximate surface area is 426 Å². The molecule has 2 aliphatic heterocycles. The molecule has 0 radical (unpaired) electrons. The van der Waals surface area contributed by atoms with Crippen molar-refractivity contribution in [3.05, 3.63) is 88.4 Å². The van der Waals surface area contributed by atoms with Crippen molar-refractivity contribution in [2.45, 2.75) is 94.9 Å². The average Bonchev–Trinajstić information content (AvgIpc) is 3.85. The summed E-state index contributed by atoms with van der Waals surface area (Å²) in [5, 5.41) is 3.21. The summed E-state index contributed by atoms with van der Waals surface area (Å²) in [4.78, 5) is 0. The number of hydrogen-bond donors (Lipinski definition) is 0. The Morgan fingerprint density at radius 2 is 1.00 bits per heavy atom. The highest BCUT2D eigenvalue weighted by atomic mass is 79.9. The highest BCUT2D eigenvalue weighted by Gasteiger charge is 2.53. The van der Waals surface area contributed by atoms with Crippen molar-refractivity contribution in [2.75, 3.05) is 104 Å². The minimum atomic E-state index is -2.20. The SMILES string of the molecule is COCCOCCCC1(CCCOCCOC)c2cc(B3OC(C)(C)C(C)(C)O3)ccc2-c2ccc(-c3ccc4c(c3)[Si](CCCSCCOC)(CCCSCCOC)c3cc(Br)ccc3-4)cc21. The Morgan fingerprint density at radius 1 is 0.515 bits per heavy atom. The molecular formula is C55H76BBrO8S2Si. The van der Waals surface area contributed by atoms with Crippen molar-refractivity contribution in [3.63, 3.8) is 0 Å². The fraction of sp³-hybridized carbons (Fsp3) is 0.564. The summed E-state index contributed by atoms with van der Waals surface area (Å²) in [7, 11) is 4.40. The standard InChI is InChI=1S/C55H76BBrO8S2Si/c1-53(2)54(3,4)65-56(64-53)43-15-19-46-45-17-13-41(37-49(45)55(50(46)39-43,21-9-23-62-27-25-58-5)22-10-24-63-28-26-59-6)42-14-18-47-48-20-16-44(57)40-52(48)68(51(47)38-42,35-11-31-66-33-29-60-7)36-12-32-67-34-30-61-8/h13-20,37-40H,9-12,21-36H2,1-8H3. The van der Waals surface area contributed by atoms with Gasteiger partial charge in [-0.3, -0.25) is 0 Å². The van der Waals surface area contributed by atoms with Crippen LogP contribution in [-0.4, -0.2) is 131 Å². The Kier molecular flexibility index (Phi) is 19.9. The number of rotatable bonds is 30. The third-order valence-corrected chi connectivity index (χ3v) is 22.7. The van der Waals surface area contributed by atoms with Gasteiger partial charge in [0, 0.05) is 63.0 Å². The van der Waals surface area contributed by atoms with Gasteiger partial charge >= 0.3 is 7.12 Å². The van der Waals surface area contributed by atoms with E-state index in [1.807, 2.05) is 23.5 Å². The molecule has 1 saturated heterocycles. The minimum absolute atomic E-state index is 0.283. The molecule has 13 heteroatoms. The van der Waals surface area contributed by atoms with Crippen LogP contribution in [0.3, 0.4) is 0 Å². The molecule has 2 heterocycles. The second-order valence-corrected chi connectivity index (χ2v) is 27.2. The van der Waals surface area contributed by atoms with E-state index >= 15 is 0 Å². The topological polar surface area (TPSA) is 73.8 Å². The Morgan fingerprint density at radius 3 is 1.56 bits per heavy atom. The molecule has 7 rings (SSSR count). The molecule has 0 unspecified atom stereocenters. The van der Waals surface area contributed by atoms with Crippen molar-refractivity contribution in [1.29, 1.82) is 0 Å². The summed E-state index contributed by atoms with van der Waals surface area (Å²) in [6.07, 6.45) is 6.08. The van der Waals surface area contributed by atoms with Gasteiger partial charge in [-0.1, -0.05) is 70.5 Å². The summed E-state index contributed by atoms with van der Waals surface area (Å²) in [6.45, 7) is 13.8. The minimum Gasteiger partial charge on any atom is -0.399 e. The van der Waals surface area contributed by atoms with E-state index in [1.54, 1.807) is 38.8 Å². The second kappa shape index (κ2) is 25.1. The molecule has 68 heavy (non-hydrogen) atoms. The van der Waals surface area contributed by atoms with Gasteiger partial charge in [-0.05, 0) is 168 Å². The highest BCUT2D eigenvalue weighted by molar-refractivity contribution is 9.10. The number of benzene rings is 4. The maximum Gasteiger partial charge on any atom is 0.494 e. The van der Waals surface area contributed by atoms with E-state index in [2.05, 4.69) is 116 Å². The maximum atomic E-state index is 6.68.